The lowest BCUT2D eigenvalue weighted by Crippen LogP contribution is -2.38. The fourth-order valence-electron chi connectivity index (χ4n) is 2.10. The molecule has 0 aliphatic carbocycles. The molecule has 0 bridgehead atoms. The van der Waals surface area contributed by atoms with E-state index in [4.69, 9.17) is 4.74 Å². The Hall–Kier alpha value is -1.69. The van der Waals surface area contributed by atoms with Crippen LogP contribution in [0.15, 0.2) is 18.3 Å². The average Bonchev–Trinajstić information content (AvgIpc) is 2.84. The molecule has 1 aromatic heterocycles. The molecule has 1 fully saturated rings. The standard InChI is InChI=1S/C14H22N4O2/c1-14(2,3)20-13(19)18-8-6-12(10-18)15-9-11-5-4-7-16-17-11/h4-5,7,12,15H,6,8-10H2,1-3H3/t12-/m1/s1. The van der Waals surface area contributed by atoms with Gasteiger partial charge in [0.25, 0.3) is 0 Å². The fourth-order valence-corrected chi connectivity index (χ4v) is 2.10. The van der Waals surface area contributed by atoms with Crippen LogP contribution in [0, 0.1) is 0 Å². The van der Waals surface area contributed by atoms with Crippen molar-refractivity contribution in [2.75, 3.05) is 13.1 Å². The highest BCUT2D eigenvalue weighted by atomic mass is 16.6. The van der Waals surface area contributed by atoms with E-state index in [1.54, 1.807) is 11.1 Å². The Morgan fingerprint density at radius 3 is 3.00 bits per heavy atom. The molecular weight excluding hydrogens is 256 g/mol. The van der Waals surface area contributed by atoms with Crippen molar-refractivity contribution in [1.82, 2.24) is 20.4 Å². The van der Waals surface area contributed by atoms with E-state index in [1.165, 1.54) is 0 Å². The zero-order valence-corrected chi connectivity index (χ0v) is 12.3. The summed E-state index contributed by atoms with van der Waals surface area (Å²) in [6, 6.07) is 4.08. The van der Waals surface area contributed by atoms with Gasteiger partial charge in [-0.05, 0) is 39.3 Å². The molecule has 1 aromatic rings. The van der Waals surface area contributed by atoms with E-state index in [0.29, 0.717) is 13.1 Å². The minimum Gasteiger partial charge on any atom is -0.444 e. The summed E-state index contributed by atoms with van der Waals surface area (Å²) >= 11 is 0. The normalized spacial score (nSPS) is 19.1. The van der Waals surface area contributed by atoms with Gasteiger partial charge in [-0.2, -0.15) is 10.2 Å². The summed E-state index contributed by atoms with van der Waals surface area (Å²) in [5.74, 6) is 0. The SMILES string of the molecule is CC(C)(C)OC(=O)N1CC[C@@H](NCc2cccnn2)C1. The number of nitrogens with one attached hydrogen (secondary N) is 1. The van der Waals surface area contributed by atoms with Crippen LogP contribution in [0.25, 0.3) is 0 Å². The van der Waals surface area contributed by atoms with Crippen molar-refractivity contribution >= 4 is 6.09 Å². The maximum absolute atomic E-state index is 11.9. The molecule has 1 amide bonds. The van der Waals surface area contributed by atoms with Crippen LogP contribution in [-0.4, -0.2) is 45.9 Å². The lowest BCUT2D eigenvalue weighted by Gasteiger charge is -2.24. The maximum Gasteiger partial charge on any atom is 0.410 e. The highest BCUT2D eigenvalue weighted by molar-refractivity contribution is 5.68. The lowest BCUT2D eigenvalue weighted by molar-refractivity contribution is 0.0291. The van der Waals surface area contributed by atoms with E-state index in [2.05, 4.69) is 15.5 Å². The number of hydrogen-bond donors (Lipinski definition) is 1. The number of hydrogen-bond acceptors (Lipinski definition) is 5. The van der Waals surface area contributed by atoms with Crippen molar-refractivity contribution in [1.29, 1.82) is 0 Å². The van der Waals surface area contributed by atoms with Crippen LogP contribution in [0.2, 0.25) is 0 Å². The first-order valence-corrected chi connectivity index (χ1v) is 6.92. The number of aromatic nitrogens is 2. The largest absolute Gasteiger partial charge is 0.444 e. The second kappa shape index (κ2) is 6.17. The molecule has 0 spiro atoms. The summed E-state index contributed by atoms with van der Waals surface area (Å²) in [7, 11) is 0. The Balaban J connectivity index is 1.76. The van der Waals surface area contributed by atoms with Gasteiger partial charge in [-0.1, -0.05) is 0 Å². The molecule has 1 aliphatic rings. The topological polar surface area (TPSA) is 67.3 Å². The Kier molecular flexibility index (Phi) is 4.54. The first-order valence-electron chi connectivity index (χ1n) is 6.92. The number of likely N-dealkylation sites (tertiary alicyclic amines) is 1. The van der Waals surface area contributed by atoms with Crippen LogP contribution in [-0.2, 0) is 11.3 Å². The van der Waals surface area contributed by atoms with Gasteiger partial charge in [0.2, 0.25) is 0 Å². The van der Waals surface area contributed by atoms with E-state index in [9.17, 15) is 4.79 Å². The third-order valence-electron chi connectivity index (χ3n) is 3.04. The molecule has 2 heterocycles. The predicted octanol–water partition coefficient (Wildman–Crippen LogP) is 1.58. The van der Waals surface area contributed by atoms with Crippen molar-refractivity contribution in [2.45, 2.75) is 45.4 Å². The molecule has 0 aromatic carbocycles. The second-order valence-electron chi connectivity index (χ2n) is 6.01. The summed E-state index contributed by atoms with van der Waals surface area (Å²) in [6.07, 6.45) is 2.35. The van der Waals surface area contributed by atoms with Crippen LogP contribution in [0.1, 0.15) is 32.9 Å². The summed E-state index contributed by atoms with van der Waals surface area (Å²) < 4.78 is 5.37. The molecule has 1 N–H and O–H groups in total. The fraction of sp³-hybridized carbons (Fsp3) is 0.643. The first-order chi connectivity index (χ1) is 9.44. The molecule has 6 nitrogen and oxygen atoms in total. The molecule has 1 atom stereocenters. The third kappa shape index (κ3) is 4.45. The van der Waals surface area contributed by atoms with E-state index >= 15 is 0 Å². The zero-order valence-electron chi connectivity index (χ0n) is 12.3. The van der Waals surface area contributed by atoms with Crippen LogP contribution >= 0.6 is 0 Å². The van der Waals surface area contributed by atoms with Gasteiger partial charge in [-0.25, -0.2) is 4.79 Å². The highest BCUT2D eigenvalue weighted by Crippen LogP contribution is 2.15. The Labute approximate surface area is 119 Å². The summed E-state index contributed by atoms with van der Waals surface area (Å²) in [5, 5.41) is 11.3. The van der Waals surface area contributed by atoms with Crippen LogP contribution in [0.5, 0.6) is 0 Å². The summed E-state index contributed by atoms with van der Waals surface area (Å²) in [5.41, 5.74) is 0.464. The molecule has 1 aliphatic heterocycles. The van der Waals surface area contributed by atoms with E-state index in [1.807, 2.05) is 32.9 Å². The first kappa shape index (κ1) is 14.7. The molecule has 6 heteroatoms. The number of ether oxygens (including phenoxy) is 1. The smallest absolute Gasteiger partial charge is 0.410 e. The van der Waals surface area contributed by atoms with Gasteiger partial charge in [-0.3, -0.25) is 0 Å². The van der Waals surface area contributed by atoms with Gasteiger partial charge in [0.15, 0.2) is 0 Å². The van der Waals surface area contributed by atoms with Crippen molar-refractivity contribution in [3.63, 3.8) is 0 Å². The number of carbonyl (C=O) groups excluding carboxylic acids is 1. The third-order valence-corrected chi connectivity index (χ3v) is 3.04. The Bertz CT molecular complexity index is 444. The van der Waals surface area contributed by atoms with E-state index < -0.39 is 5.60 Å². The molecular formula is C14H22N4O2. The van der Waals surface area contributed by atoms with Crippen LogP contribution in [0.4, 0.5) is 4.79 Å². The molecule has 1 saturated heterocycles. The zero-order chi connectivity index (χ0) is 14.6. The van der Waals surface area contributed by atoms with Crippen molar-refractivity contribution in [3.8, 4) is 0 Å². The van der Waals surface area contributed by atoms with Gasteiger partial charge in [-0.15, -0.1) is 0 Å². The van der Waals surface area contributed by atoms with Gasteiger partial charge in [0.1, 0.15) is 5.60 Å². The van der Waals surface area contributed by atoms with Crippen LogP contribution in [0.3, 0.4) is 0 Å². The quantitative estimate of drug-likeness (QED) is 0.909. The molecule has 0 unspecified atom stereocenters. The monoisotopic (exact) mass is 278 g/mol. The Morgan fingerprint density at radius 1 is 1.55 bits per heavy atom. The minimum absolute atomic E-state index is 0.235. The summed E-state index contributed by atoms with van der Waals surface area (Å²) in [6.45, 7) is 7.71. The van der Waals surface area contributed by atoms with Gasteiger partial charge in [0, 0.05) is 31.9 Å². The van der Waals surface area contributed by atoms with E-state index in [0.717, 1.165) is 18.7 Å². The maximum atomic E-state index is 11.9. The summed E-state index contributed by atoms with van der Waals surface area (Å²) in [4.78, 5) is 13.7. The number of rotatable bonds is 3. The van der Waals surface area contributed by atoms with Crippen molar-refractivity contribution < 1.29 is 9.53 Å². The number of nitrogens with zero attached hydrogens (tertiary/aromatic N) is 3. The van der Waals surface area contributed by atoms with Gasteiger partial charge >= 0.3 is 6.09 Å². The van der Waals surface area contributed by atoms with Crippen molar-refractivity contribution in [3.05, 3.63) is 24.0 Å². The molecule has 20 heavy (non-hydrogen) atoms. The molecule has 0 radical (unpaired) electrons. The number of carbonyl (C=O) groups is 1. The van der Waals surface area contributed by atoms with Gasteiger partial charge in [0.05, 0.1) is 5.69 Å². The average molecular weight is 278 g/mol. The second-order valence-corrected chi connectivity index (χ2v) is 6.01. The van der Waals surface area contributed by atoms with E-state index in [-0.39, 0.29) is 12.1 Å². The van der Waals surface area contributed by atoms with Crippen LogP contribution < -0.4 is 5.32 Å². The lowest BCUT2D eigenvalue weighted by atomic mass is 10.2. The number of amides is 1. The predicted molar refractivity (Wildman–Crippen MR) is 75.1 cm³/mol. The van der Waals surface area contributed by atoms with Crippen molar-refractivity contribution in [2.24, 2.45) is 0 Å². The van der Waals surface area contributed by atoms with Gasteiger partial charge < -0.3 is 15.0 Å². The molecule has 0 saturated carbocycles. The minimum atomic E-state index is -0.442. The highest BCUT2D eigenvalue weighted by Gasteiger charge is 2.29. The molecule has 2 rings (SSSR count). The Morgan fingerprint density at radius 2 is 2.35 bits per heavy atom. The molecule has 110 valence electrons.